The Labute approximate surface area is 117 Å². The number of hydrogen-bond acceptors (Lipinski definition) is 6. The molecule has 7 nitrogen and oxygen atoms in total. The SMILES string of the molecule is CC(C)NC[C@@H]1CC[C@H](n2cnc3c(N)ncnc32)O1. The summed E-state index contributed by atoms with van der Waals surface area (Å²) in [6.07, 6.45) is 5.40. The molecule has 0 saturated carbocycles. The van der Waals surface area contributed by atoms with Gasteiger partial charge in [-0.25, -0.2) is 15.0 Å². The number of fused-ring (bicyclic) bond motifs is 1. The highest BCUT2D eigenvalue weighted by Crippen LogP contribution is 2.30. The van der Waals surface area contributed by atoms with Gasteiger partial charge in [0.2, 0.25) is 0 Å². The van der Waals surface area contributed by atoms with Crippen molar-refractivity contribution in [1.29, 1.82) is 0 Å². The minimum Gasteiger partial charge on any atom is -0.382 e. The van der Waals surface area contributed by atoms with E-state index in [0.717, 1.165) is 25.0 Å². The van der Waals surface area contributed by atoms with Crippen LogP contribution in [0.3, 0.4) is 0 Å². The van der Waals surface area contributed by atoms with Gasteiger partial charge in [-0.15, -0.1) is 0 Å². The first-order valence-electron chi connectivity index (χ1n) is 6.97. The Morgan fingerprint density at radius 2 is 2.25 bits per heavy atom. The topological polar surface area (TPSA) is 90.9 Å². The molecular weight excluding hydrogens is 256 g/mol. The summed E-state index contributed by atoms with van der Waals surface area (Å²) in [7, 11) is 0. The minimum atomic E-state index is -0.0201. The summed E-state index contributed by atoms with van der Waals surface area (Å²) >= 11 is 0. The van der Waals surface area contributed by atoms with Crippen molar-refractivity contribution in [3.63, 3.8) is 0 Å². The van der Waals surface area contributed by atoms with E-state index < -0.39 is 0 Å². The molecule has 20 heavy (non-hydrogen) atoms. The van der Waals surface area contributed by atoms with Gasteiger partial charge in [-0.2, -0.15) is 0 Å². The Morgan fingerprint density at radius 1 is 1.40 bits per heavy atom. The fraction of sp³-hybridized carbons (Fsp3) is 0.615. The predicted octanol–water partition coefficient (Wildman–Crippen LogP) is 1.08. The van der Waals surface area contributed by atoms with Crippen LogP contribution in [-0.4, -0.2) is 38.2 Å². The predicted molar refractivity (Wildman–Crippen MR) is 76.0 cm³/mol. The van der Waals surface area contributed by atoms with Gasteiger partial charge in [0.1, 0.15) is 18.1 Å². The number of ether oxygens (including phenoxy) is 1. The number of hydrogen-bond donors (Lipinski definition) is 2. The summed E-state index contributed by atoms with van der Waals surface area (Å²) in [5, 5.41) is 3.40. The highest BCUT2D eigenvalue weighted by Gasteiger charge is 2.28. The van der Waals surface area contributed by atoms with E-state index in [4.69, 9.17) is 10.5 Å². The average molecular weight is 276 g/mol. The number of rotatable bonds is 4. The Morgan fingerprint density at radius 3 is 3.05 bits per heavy atom. The lowest BCUT2D eigenvalue weighted by molar-refractivity contribution is 0.00422. The smallest absolute Gasteiger partial charge is 0.167 e. The van der Waals surface area contributed by atoms with Crippen LogP contribution in [0.5, 0.6) is 0 Å². The van der Waals surface area contributed by atoms with Crippen LogP contribution in [0.2, 0.25) is 0 Å². The molecule has 2 aromatic heterocycles. The zero-order valence-electron chi connectivity index (χ0n) is 11.8. The maximum atomic E-state index is 6.06. The van der Waals surface area contributed by atoms with Gasteiger partial charge >= 0.3 is 0 Å². The molecule has 0 aromatic carbocycles. The summed E-state index contributed by atoms with van der Waals surface area (Å²) in [6, 6.07) is 0.472. The molecule has 0 unspecified atom stereocenters. The zero-order valence-corrected chi connectivity index (χ0v) is 11.8. The third kappa shape index (κ3) is 2.46. The van der Waals surface area contributed by atoms with Crippen molar-refractivity contribution < 1.29 is 4.74 Å². The van der Waals surface area contributed by atoms with Crippen LogP contribution in [0.25, 0.3) is 11.2 Å². The minimum absolute atomic E-state index is 0.0201. The third-order valence-electron chi connectivity index (χ3n) is 3.54. The van der Waals surface area contributed by atoms with Crippen LogP contribution >= 0.6 is 0 Å². The van der Waals surface area contributed by atoms with E-state index >= 15 is 0 Å². The van der Waals surface area contributed by atoms with Gasteiger partial charge in [-0.05, 0) is 12.8 Å². The van der Waals surface area contributed by atoms with E-state index in [1.807, 2.05) is 4.57 Å². The van der Waals surface area contributed by atoms with Crippen LogP contribution < -0.4 is 11.1 Å². The molecule has 3 N–H and O–H groups in total. The zero-order chi connectivity index (χ0) is 14.1. The Bertz CT molecular complexity index is 596. The number of nitrogens with zero attached hydrogens (tertiary/aromatic N) is 4. The van der Waals surface area contributed by atoms with E-state index in [-0.39, 0.29) is 12.3 Å². The quantitative estimate of drug-likeness (QED) is 0.868. The van der Waals surface area contributed by atoms with E-state index in [9.17, 15) is 0 Å². The van der Waals surface area contributed by atoms with E-state index in [2.05, 4.69) is 34.1 Å². The summed E-state index contributed by atoms with van der Waals surface area (Å²) in [6.45, 7) is 5.14. The van der Waals surface area contributed by atoms with Crippen LogP contribution in [0.4, 0.5) is 5.82 Å². The second kappa shape index (κ2) is 5.34. The Balaban J connectivity index is 1.75. The molecule has 0 radical (unpaired) electrons. The summed E-state index contributed by atoms with van der Waals surface area (Å²) in [4.78, 5) is 12.5. The second-order valence-electron chi connectivity index (χ2n) is 5.44. The summed E-state index contributed by atoms with van der Waals surface area (Å²) in [5.41, 5.74) is 7.17. The molecule has 3 rings (SSSR count). The lowest BCUT2D eigenvalue weighted by atomic mass is 10.2. The number of anilines is 1. The maximum Gasteiger partial charge on any atom is 0.167 e. The molecular formula is C13H20N6O. The monoisotopic (exact) mass is 276 g/mol. The van der Waals surface area contributed by atoms with Crippen molar-refractivity contribution in [2.24, 2.45) is 0 Å². The van der Waals surface area contributed by atoms with Crippen molar-refractivity contribution in [2.45, 2.75) is 45.1 Å². The number of aromatic nitrogens is 4. The van der Waals surface area contributed by atoms with Crippen LogP contribution in [0.15, 0.2) is 12.7 Å². The molecule has 2 aromatic rings. The number of imidazole rings is 1. The molecule has 0 amide bonds. The highest BCUT2D eigenvalue weighted by atomic mass is 16.5. The normalized spacial score (nSPS) is 22.9. The molecule has 0 spiro atoms. The standard InChI is InChI=1S/C13H20N6O/c1-8(2)15-5-9-3-4-10(20-9)19-7-18-11-12(14)16-6-17-13(11)19/h6-10,15H,3-5H2,1-2H3,(H2,14,16,17)/t9-,10+/m0/s1. The maximum absolute atomic E-state index is 6.06. The van der Waals surface area contributed by atoms with Crippen LogP contribution in [0.1, 0.15) is 32.9 Å². The number of nitrogens with one attached hydrogen (secondary N) is 1. The molecule has 1 aliphatic heterocycles. The molecule has 3 heterocycles. The van der Waals surface area contributed by atoms with Crippen LogP contribution in [-0.2, 0) is 4.74 Å². The van der Waals surface area contributed by atoms with Crippen molar-refractivity contribution in [3.05, 3.63) is 12.7 Å². The first-order chi connectivity index (χ1) is 9.65. The van der Waals surface area contributed by atoms with E-state index in [0.29, 0.717) is 17.4 Å². The average Bonchev–Trinajstić information content (AvgIpc) is 3.02. The fourth-order valence-corrected chi connectivity index (χ4v) is 2.49. The van der Waals surface area contributed by atoms with Crippen molar-refractivity contribution in [3.8, 4) is 0 Å². The Kier molecular flexibility index (Phi) is 3.54. The molecule has 0 aliphatic carbocycles. The number of nitrogen functional groups attached to an aromatic ring is 1. The second-order valence-corrected chi connectivity index (χ2v) is 5.44. The van der Waals surface area contributed by atoms with Gasteiger partial charge in [0.05, 0.1) is 12.4 Å². The van der Waals surface area contributed by atoms with Crippen LogP contribution in [0, 0.1) is 0 Å². The first kappa shape index (κ1) is 13.3. The van der Waals surface area contributed by atoms with E-state index in [1.54, 1.807) is 6.33 Å². The molecule has 1 fully saturated rings. The van der Waals surface area contributed by atoms with Gasteiger partial charge < -0.3 is 15.8 Å². The Hall–Kier alpha value is -1.73. The summed E-state index contributed by atoms with van der Waals surface area (Å²) < 4.78 is 8.01. The van der Waals surface area contributed by atoms with Crippen molar-refractivity contribution >= 4 is 17.0 Å². The van der Waals surface area contributed by atoms with Crippen molar-refractivity contribution in [1.82, 2.24) is 24.8 Å². The lowest BCUT2D eigenvalue weighted by Crippen LogP contribution is -2.31. The third-order valence-corrected chi connectivity index (χ3v) is 3.54. The molecule has 1 saturated heterocycles. The summed E-state index contributed by atoms with van der Waals surface area (Å²) in [5.74, 6) is 0.407. The van der Waals surface area contributed by atoms with Crippen molar-refractivity contribution in [2.75, 3.05) is 12.3 Å². The number of nitrogens with two attached hydrogens (primary N) is 1. The molecule has 1 aliphatic rings. The molecule has 0 bridgehead atoms. The van der Waals surface area contributed by atoms with Gasteiger partial charge in [-0.3, -0.25) is 4.57 Å². The van der Waals surface area contributed by atoms with Gasteiger partial charge in [-0.1, -0.05) is 13.8 Å². The largest absolute Gasteiger partial charge is 0.382 e. The lowest BCUT2D eigenvalue weighted by Gasteiger charge is -2.16. The fourth-order valence-electron chi connectivity index (χ4n) is 2.49. The first-order valence-corrected chi connectivity index (χ1v) is 6.97. The van der Waals surface area contributed by atoms with Gasteiger partial charge in [0.25, 0.3) is 0 Å². The van der Waals surface area contributed by atoms with Gasteiger partial charge in [0.15, 0.2) is 11.5 Å². The molecule has 108 valence electrons. The molecule has 7 heteroatoms. The molecule has 2 atom stereocenters. The van der Waals surface area contributed by atoms with E-state index in [1.165, 1.54) is 6.33 Å². The van der Waals surface area contributed by atoms with Gasteiger partial charge in [0, 0.05) is 12.6 Å². The highest BCUT2D eigenvalue weighted by molar-refractivity contribution is 5.81.